The van der Waals surface area contributed by atoms with Crippen LogP contribution in [0.4, 0.5) is 0 Å². The van der Waals surface area contributed by atoms with Crippen LogP contribution in [0.3, 0.4) is 0 Å². The highest BCUT2D eigenvalue weighted by molar-refractivity contribution is 5.84. The number of piperidine rings is 1. The number of nitrogens with one attached hydrogen (secondary N) is 2. The van der Waals surface area contributed by atoms with E-state index in [0.29, 0.717) is 18.3 Å². The van der Waals surface area contributed by atoms with Crippen LogP contribution in [0.5, 0.6) is 0 Å². The Morgan fingerprint density at radius 2 is 1.79 bits per heavy atom. The van der Waals surface area contributed by atoms with Crippen LogP contribution in [-0.2, 0) is 16.1 Å². The van der Waals surface area contributed by atoms with Crippen molar-refractivity contribution in [3.8, 4) is 0 Å². The second kappa shape index (κ2) is 10.6. The lowest BCUT2D eigenvalue weighted by atomic mass is 9.84. The van der Waals surface area contributed by atoms with Crippen LogP contribution in [-0.4, -0.2) is 67.4 Å². The third-order valence-electron chi connectivity index (χ3n) is 6.11. The lowest BCUT2D eigenvalue weighted by Crippen LogP contribution is -2.50. The van der Waals surface area contributed by atoms with Crippen LogP contribution >= 0.6 is 0 Å². The van der Waals surface area contributed by atoms with Gasteiger partial charge in [0, 0.05) is 39.1 Å². The smallest absolute Gasteiger partial charge is 0.242 e. The molecule has 1 unspecified atom stereocenters. The monoisotopic (exact) mass is 386 g/mol. The van der Waals surface area contributed by atoms with E-state index < -0.39 is 0 Å². The van der Waals surface area contributed by atoms with Gasteiger partial charge in [-0.25, -0.2) is 0 Å². The van der Waals surface area contributed by atoms with Crippen LogP contribution in [0.15, 0.2) is 30.3 Å². The van der Waals surface area contributed by atoms with E-state index in [1.165, 1.54) is 5.56 Å². The predicted molar refractivity (Wildman–Crippen MR) is 111 cm³/mol. The molecule has 0 spiro atoms. The first kappa shape index (κ1) is 20.8. The molecule has 0 saturated carbocycles. The van der Waals surface area contributed by atoms with Gasteiger partial charge < -0.3 is 15.5 Å². The topological polar surface area (TPSA) is 64.7 Å². The number of piperazine rings is 1. The Kier molecular flexibility index (Phi) is 7.86. The zero-order valence-electron chi connectivity index (χ0n) is 17.0. The number of carbonyl (C=O) groups is 2. The van der Waals surface area contributed by atoms with E-state index in [-0.39, 0.29) is 18.4 Å². The molecule has 0 radical (unpaired) electrons. The predicted octanol–water partition coefficient (Wildman–Crippen LogP) is 1.47. The lowest BCUT2D eigenvalue weighted by Gasteiger charge is -2.34. The molecule has 1 atom stereocenters. The van der Waals surface area contributed by atoms with Gasteiger partial charge in [-0.15, -0.1) is 0 Å². The van der Waals surface area contributed by atoms with E-state index >= 15 is 0 Å². The molecule has 2 N–H and O–H groups in total. The van der Waals surface area contributed by atoms with Crippen LogP contribution in [0, 0.1) is 11.8 Å². The molecule has 2 amide bonds. The maximum Gasteiger partial charge on any atom is 0.242 e. The van der Waals surface area contributed by atoms with Crippen molar-refractivity contribution in [1.29, 1.82) is 0 Å². The van der Waals surface area contributed by atoms with E-state index in [2.05, 4.69) is 46.7 Å². The van der Waals surface area contributed by atoms with E-state index in [0.717, 1.165) is 58.7 Å². The van der Waals surface area contributed by atoms with E-state index in [4.69, 9.17) is 0 Å². The molecule has 0 bridgehead atoms. The second-order valence-electron chi connectivity index (χ2n) is 8.19. The van der Waals surface area contributed by atoms with Crippen LogP contribution in [0.2, 0.25) is 0 Å². The number of amides is 2. The summed E-state index contributed by atoms with van der Waals surface area (Å²) in [7, 11) is 0. The maximum absolute atomic E-state index is 12.4. The molecular weight excluding hydrogens is 352 g/mol. The Bertz CT molecular complexity index is 623. The van der Waals surface area contributed by atoms with E-state index in [1.807, 2.05) is 11.0 Å². The molecule has 3 rings (SSSR count). The Balaban J connectivity index is 1.33. The highest BCUT2D eigenvalue weighted by atomic mass is 16.2. The minimum atomic E-state index is 0.00194. The van der Waals surface area contributed by atoms with Crippen molar-refractivity contribution >= 4 is 11.8 Å². The van der Waals surface area contributed by atoms with E-state index in [9.17, 15) is 9.59 Å². The Hall–Kier alpha value is -1.92. The highest BCUT2D eigenvalue weighted by Crippen LogP contribution is 2.24. The van der Waals surface area contributed by atoms with Gasteiger partial charge in [-0.05, 0) is 43.3 Å². The first-order valence-electron chi connectivity index (χ1n) is 10.6. The summed E-state index contributed by atoms with van der Waals surface area (Å²) in [5.74, 6) is 1.02. The molecule has 2 fully saturated rings. The minimum Gasteiger partial charge on any atom is -0.347 e. The molecule has 0 aromatic heterocycles. The summed E-state index contributed by atoms with van der Waals surface area (Å²) in [5.41, 5.74) is 1.30. The molecule has 2 saturated heterocycles. The molecule has 154 valence electrons. The molecule has 6 heteroatoms. The zero-order chi connectivity index (χ0) is 19.8. The number of carbonyl (C=O) groups excluding carboxylic acids is 2. The van der Waals surface area contributed by atoms with Crippen molar-refractivity contribution in [2.45, 2.75) is 32.7 Å². The fraction of sp³-hybridized carbons (Fsp3) is 0.636. The van der Waals surface area contributed by atoms with Crippen molar-refractivity contribution < 1.29 is 9.59 Å². The molecule has 0 aliphatic carbocycles. The number of hydrogen-bond donors (Lipinski definition) is 2. The average molecular weight is 387 g/mol. The molecule has 2 aliphatic rings. The normalized spacial score (nSPS) is 20.0. The number of rotatable bonds is 7. The second-order valence-corrected chi connectivity index (χ2v) is 8.19. The van der Waals surface area contributed by atoms with Gasteiger partial charge in [0.1, 0.15) is 0 Å². The quantitative estimate of drug-likeness (QED) is 0.745. The Morgan fingerprint density at radius 3 is 2.46 bits per heavy atom. The SMILES string of the molecule is CC(CC(=O)NCC(=O)N1CCN(Cc2ccccc2)CC1)C1CCNCC1. The van der Waals surface area contributed by atoms with Gasteiger partial charge in [-0.3, -0.25) is 14.5 Å². The minimum absolute atomic E-state index is 0.00194. The summed E-state index contributed by atoms with van der Waals surface area (Å²) in [4.78, 5) is 28.9. The van der Waals surface area contributed by atoms with E-state index in [1.54, 1.807) is 0 Å². The van der Waals surface area contributed by atoms with Crippen LogP contribution in [0.1, 0.15) is 31.7 Å². The molecule has 1 aromatic carbocycles. The summed E-state index contributed by atoms with van der Waals surface area (Å²) in [6.07, 6.45) is 2.80. The van der Waals surface area contributed by atoms with Gasteiger partial charge in [0.15, 0.2) is 0 Å². The summed E-state index contributed by atoms with van der Waals surface area (Å²) in [6, 6.07) is 10.4. The van der Waals surface area contributed by atoms with Gasteiger partial charge in [0.25, 0.3) is 0 Å². The summed E-state index contributed by atoms with van der Waals surface area (Å²) in [5, 5.41) is 6.20. The van der Waals surface area contributed by atoms with Crippen molar-refractivity contribution in [3.05, 3.63) is 35.9 Å². The summed E-state index contributed by atoms with van der Waals surface area (Å²) < 4.78 is 0. The third kappa shape index (κ3) is 6.31. The molecular formula is C22H34N4O2. The number of nitrogens with zero attached hydrogens (tertiary/aromatic N) is 2. The lowest BCUT2D eigenvalue weighted by molar-refractivity contribution is -0.134. The van der Waals surface area contributed by atoms with Crippen molar-refractivity contribution in [2.75, 3.05) is 45.8 Å². The third-order valence-corrected chi connectivity index (χ3v) is 6.11. The van der Waals surface area contributed by atoms with Crippen molar-refractivity contribution in [3.63, 3.8) is 0 Å². The molecule has 2 heterocycles. The van der Waals surface area contributed by atoms with Crippen LogP contribution < -0.4 is 10.6 Å². The molecule has 6 nitrogen and oxygen atoms in total. The first-order valence-corrected chi connectivity index (χ1v) is 10.6. The van der Waals surface area contributed by atoms with Crippen LogP contribution in [0.25, 0.3) is 0 Å². The average Bonchev–Trinajstić information content (AvgIpc) is 2.74. The van der Waals surface area contributed by atoms with Gasteiger partial charge in [-0.2, -0.15) is 0 Å². The maximum atomic E-state index is 12.4. The van der Waals surface area contributed by atoms with Crippen molar-refractivity contribution in [1.82, 2.24) is 20.4 Å². The van der Waals surface area contributed by atoms with Gasteiger partial charge in [0.2, 0.25) is 11.8 Å². The number of benzene rings is 1. The highest BCUT2D eigenvalue weighted by Gasteiger charge is 2.24. The largest absolute Gasteiger partial charge is 0.347 e. The summed E-state index contributed by atoms with van der Waals surface area (Å²) in [6.45, 7) is 8.51. The summed E-state index contributed by atoms with van der Waals surface area (Å²) >= 11 is 0. The van der Waals surface area contributed by atoms with Crippen molar-refractivity contribution in [2.24, 2.45) is 11.8 Å². The first-order chi connectivity index (χ1) is 13.6. The Morgan fingerprint density at radius 1 is 1.11 bits per heavy atom. The zero-order valence-corrected chi connectivity index (χ0v) is 17.0. The number of hydrogen-bond acceptors (Lipinski definition) is 4. The van der Waals surface area contributed by atoms with Gasteiger partial charge in [0.05, 0.1) is 6.54 Å². The van der Waals surface area contributed by atoms with Gasteiger partial charge >= 0.3 is 0 Å². The fourth-order valence-electron chi connectivity index (χ4n) is 4.23. The molecule has 28 heavy (non-hydrogen) atoms. The fourth-order valence-corrected chi connectivity index (χ4v) is 4.23. The van der Waals surface area contributed by atoms with Gasteiger partial charge in [-0.1, -0.05) is 37.3 Å². The molecule has 2 aliphatic heterocycles. The molecule has 1 aromatic rings. The Labute approximate surface area is 168 Å². The standard InChI is InChI=1S/C22H34N4O2/c1-18(20-7-9-23-10-8-20)15-21(27)24-16-22(28)26-13-11-25(12-14-26)17-19-5-3-2-4-6-19/h2-6,18,20,23H,7-17H2,1H3,(H,24,27).